The molecule has 4 heteroatoms. The van der Waals surface area contributed by atoms with Crippen molar-refractivity contribution in [1.29, 1.82) is 0 Å². The molecule has 1 fully saturated rings. The molecule has 2 unspecified atom stereocenters. The summed E-state index contributed by atoms with van der Waals surface area (Å²) in [6, 6.07) is 2.09. The van der Waals surface area contributed by atoms with Crippen LogP contribution in [0.2, 0.25) is 0 Å². The maximum atomic E-state index is 11.7. The lowest BCUT2D eigenvalue weighted by atomic mass is 10.1. The van der Waals surface area contributed by atoms with Gasteiger partial charge in [0.25, 0.3) is 5.91 Å². The van der Waals surface area contributed by atoms with E-state index in [2.05, 4.69) is 17.3 Å². The number of hydrogen-bond donors (Lipinski definition) is 1. The Bertz CT molecular complexity index is 358. The van der Waals surface area contributed by atoms with Gasteiger partial charge in [-0.1, -0.05) is 6.92 Å². The summed E-state index contributed by atoms with van der Waals surface area (Å²) >= 11 is 0. The summed E-state index contributed by atoms with van der Waals surface area (Å²) in [7, 11) is 1.81. The second-order valence-electron chi connectivity index (χ2n) is 4.46. The lowest BCUT2D eigenvalue weighted by Gasteiger charge is -2.10. The molecular formula is C11H17N3O. The van der Waals surface area contributed by atoms with Crippen molar-refractivity contribution in [1.82, 2.24) is 15.1 Å². The molecule has 4 nitrogen and oxygen atoms in total. The van der Waals surface area contributed by atoms with Gasteiger partial charge in [-0.15, -0.1) is 0 Å². The Balaban J connectivity index is 1.92. The molecule has 1 aromatic heterocycles. The molecule has 0 bridgehead atoms. The molecule has 82 valence electrons. The fourth-order valence-electron chi connectivity index (χ4n) is 2.13. The molecule has 0 spiro atoms. The number of nitrogens with one attached hydrogen (secondary N) is 1. The van der Waals surface area contributed by atoms with Gasteiger partial charge >= 0.3 is 0 Å². The van der Waals surface area contributed by atoms with Gasteiger partial charge in [0.15, 0.2) is 0 Å². The number of carbonyl (C=O) groups excluding carboxylic acids is 1. The van der Waals surface area contributed by atoms with E-state index in [9.17, 15) is 4.79 Å². The first-order chi connectivity index (χ1) is 7.15. The maximum Gasteiger partial charge on any atom is 0.271 e. The van der Waals surface area contributed by atoms with E-state index in [0.717, 1.165) is 18.8 Å². The lowest BCUT2D eigenvalue weighted by Crippen LogP contribution is -2.33. The van der Waals surface area contributed by atoms with Gasteiger partial charge in [0.2, 0.25) is 0 Å². The normalized spacial score (nSPS) is 25.5. The highest BCUT2D eigenvalue weighted by atomic mass is 16.2. The molecule has 15 heavy (non-hydrogen) atoms. The van der Waals surface area contributed by atoms with Crippen LogP contribution in [0.3, 0.4) is 0 Å². The summed E-state index contributed by atoms with van der Waals surface area (Å²) in [5.41, 5.74) is 0.511. The van der Waals surface area contributed by atoms with E-state index in [1.165, 1.54) is 6.42 Å². The van der Waals surface area contributed by atoms with Crippen LogP contribution in [0.25, 0.3) is 0 Å². The van der Waals surface area contributed by atoms with Crippen molar-refractivity contribution in [3.8, 4) is 0 Å². The van der Waals surface area contributed by atoms with Crippen LogP contribution in [0.4, 0.5) is 0 Å². The number of rotatable bonds is 2. The topological polar surface area (TPSA) is 46.9 Å². The number of aromatic nitrogens is 2. The number of aryl methyl sites for hydroxylation is 1. The minimum absolute atomic E-state index is 0.0466. The van der Waals surface area contributed by atoms with Gasteiger partial charge < -0.3 is 5.32 Å². The van der Waals surface area contributed by atoms with Crippen LogP contribution in [0.15, 0.2) is 12.3 Å². The smallest absolute Gasteiger partial charge is 0.271 e. The molecule has 0 aromatic carbocycles. The van der Waals surface area contributed by atoms with E-state index >= 15 is 0 Å². The molecule has 0 radical (unpaired) electrons. The lowest BCUT2D eigenvalue weighted by molar-refractivity contribution is 0.0931. The van der Waals surface area contributed by atoms with Crippen LogP contribution < -0.4 is 5.32 Å². The van der Waals surface area contributed by atoms with Crippen molar-refractivity contribution in [3.63, 3.8) is 0 Å². The molecule has 1 aliphatic carbocycles. The SMILES string of the molecule is CC1CCC(NC(=O)c2ccn(C)n2)C1. The van der Waals surface area contributed by atoms with Gasteiger partial charge in [0.1, 0.15) is 5.69 Å². The van der Waals surface area contributed by atoms with Gasteiger partial charge in [-0.2, -0.15) is 5.10 Å². The Hall–Kier alpha value is -1.32. The highest BCUT2D eigenvalue weighted by Gasteiger charge is 2.23. The minimum Gasteiger partial charge on any atom is -0.348 e. The zero-order valence-corrected chi connectivity index (χ0v) is 9.23. The largest absolute Gasteiger partial charge is 0.348 e. The van der Waals surface area contributed by atoms with Gasteiger partial charge in [0.05, 0.1) is 0 Å². The Labute approximate surface area is 89.7 Å². The van der Waals surface area contributed by atoms with Crippen LogP contribution in [-0.2, 0) is 7.05 Å². The van der Waals surface area contributed by atoms with Crippen LogP contribution >= 0.6 is 0 Å². The summed E-state index contributed by atoms with van der Waals surface area (Å²) in [4.78, 5) is 11.7. The average molecular weight is 207 g/mol. The van der Waals surface area contributed by atoms with E-state index in [1.807, 2.05) is 7.05 Å². The monoisotopic (exact) mass is 207 g/mol. The van der Waals surface area contributed by atoms with E-state index in [1.54, 1.807) is 16.9 Å². The Morgan fingerprint density at radius 2 is 2.40 bits per heavy atom. The standard InChI is InChI=1S/C11H17N3O/c1-8-3-4-9(7-8)12-11(15)10-5-6-14(2)13-10/h5-6,8-9H,3-4,7H2,1-2H3,(H,12,15). The second-order valence-corrected chi connectivity index (χ2v) is 4.46. The number of carbonyl (C=O) groups is 1. The zero-order valence-electron chi connectivity index (χ0n) is 9.23. The van der Waals surface area contributed by atoms with Crippen molar-refractivity contribution in [2.45, 2.75) is 32.2 Å². The molecule has 1 aromatic rings. The van der Waals surface area contributed by atoms with Gasteiger partial charge in [-0.25, -0.2) is 0 Å². The number of amides is 1. The summed E-state index contributed by atoms with van der Waals surface area (Å²) in [6.07, 6.45) is 5.19. The minimum atomic E-state index is -0.0466. The summed E-state index contributed by atoms with van der Waals surface area (Å²) in [5, 5.41) is 7.10. The summed E-state index contributed by atoms with van der Waals surface area (Å²) in [6.45, 7) is 2.23. The maximum absolute atomic E-state index is 11.7. The first-order valence-corrected chi connectivity index (χ1v) is 5.45. The second kappa shape index (κ2) is 4.04. The van der Waals surface area contributed by atoms with Crippen molar-refractivity contribution in [3.05, 3.63) is 18.0 Å². The van der Waals surface area contributed by atoms with E-state index < -0.39 is 0 Å². The number of nitrogens with zero attached hydrogens (tertiary/aromatic N) is 2. The number of hydrogen-bond acceptors (Lipinski definition) is 2. The van der Waals surface area contributed by atoms with Crippen molar-refractivity contribution in [2.75, 3.05) is 0 Å². The molecule has 1 N–H and O–H groups in total. The quantitative estimate of drug-likeness (QED) is 0.795. The molecule has 1 saturated carbocycles. The highest BCUT2D eigenvalue weighted by molar-refractivity contribution is 5.92. The van der Waals surface area contributed by atoms with Crippen LogP contribution in [0.5, 0.6) is 0 Å². The Morgan fingerprint density at radius 3 is 2.93 bits per heavy atom. The average Bonchev–Trinajstić information content (AvgIpc) is 2.75. The molecular weight excluding hydrogens is 190 g/mol. The third-order valence-corrected chi connectivity index (χ3v) is 2.98. The molecule has 2 atom stereocenters. The molecule has 2 rings (SSSR count). The first-order valence-electron chi connectivity index (χ1n) is 5.45. The van der Waals surface area contributed by atoms with Gasteiger partial charge in [-0.3, -0.25) is 9.48 Å². The van der Waals surface area contributed by atoms with Crippen molar-refractivity contribution in [2.24, 2.45) is 13.0 Å². The predicted molar refractivity (Wildman–Crippen MR) is 57.5 cm³/mol. The third kappa shape index (κ3) is 2.37. The molecule has 1 heterocycles. The van der Waals surface area contributed by atoms with Crippen LogP contribution in [-0.4, -0.2) is 21.7 Å². The predicted octanol–water partition coefficient (Wildman–Crippen LogP) is 1.34. The third-order valence-electron chi connectivity index (χ3n) is 2.98. The fraction of sp³-hybridized carbons (Fsp3) is 0.636. The van der Waals surface area contributed by atoms with Gasteiger partial charge in [0, 0.05) is 19.3 Å². The molecule has 0 saturated heterocycles. The first kappa shape index (κ1) is 10.2. The Kier molecular flexibility index (Phi) is 2.75. The van der Waals surface area contributed by atoms with Crippen molar-refractivity contribution < 1.29 is 4.79 Å². The molecule has 0 aliphatic heterocycles. The summed E-state index contributed by atoms with van der Waals surface area (Å²) in [5.74, 6) is 0.689. The zero-order chi connectivity index (χ0) is 10.8. The highest BCUT2D eigenvalue weighted by Crippen LogP contribution is 2.24. The van der Waals surface area contributed by atoms with E-state index in [-0.39, 0.29) is 5.91 Å². The van der Waals surface area contributed by atoms with Crippen LogP contribution in [0.1, 0.15) is 36.7 Å². The molecule has 1 amide bonds. The van der Waals surface area contributed by atoms with Gasteiger partial charge in [-0.05, 0) is 31.2 Å². The summed E-state index contributed by atoms with van der Waals surface area (Å²) < 4.78 is 1.65. The van der Waals surface area contributed by atoms with E-state index in [0.29, 0.717) is 11.7 Å². The molecule has 1 aliphatic rings. The van der Waals surface area contributed by atoms with Crippen LogP contribution in [0, 0.1) is 5.92 Å². The van der Waals surface area contributed by atoms with Crippen molar-refractivity contribution >= 4 is 5.91 Å². The Morgan fingerprint density at radius 1 is 1.60 bits per heavy atom. The van der Waals surface area contributed by atoms with E-state index in [4.69, 9.17) is 0 Å². The fourth-order valence-corrected chi connectivity index (χ4v) is 2.13.